The van der Waals surface area contributed by atoms with E-state index in [1.807, 2.05) is 0 Å². The molecule has 0 radical (unpaired) electrons. The van der Waals surface area contributed by atoms with E-state index in [4.69, 9.17) is 5.73 Å². The molecule has 0 fully saturated rings. The Morgan fingerprint density at radius 1 is 1.36 bits per heavy atom. The summed E-state index contributed by atoms with van der Waals surface area (Å²) in [4.78, 5) is 11.2. The van der Waals surface area contributed by atoms with Crippen LogP contribution in [-0.4, -0.2) is 11.7 Å². The molecule has 0 aromatic rings. The third-order valence-electron chi connectivity index (χ3n) is 2.76. The summed E-state index contributed by atoms with van der Waals surface area (Å²) in [6, 6.07) is 0. The topological polar surface area (TPSA) is 43.1 Å². The van der Waals surface area contributed by atoms with Gasteiger partial charge in [0.05, 0.1) is 0 Å². The molecule has 0 aromatic carbocycles. The molecule has 0 aliphatic carbocycles. The molecule has 0 aliphatic rings. The zero-order valence-corrected chi connectivity index (χ0v) is 10.2. The highest BCUT2D eigenvalue weighted by molar-refractivity contribution is 7.80. The van der Waals surface area contributed by atoms with Crippen molar-refractivity contribution in [2.45, 2.75) is 46.0 Å². The van der Waals surface area contributed by atoms with Gasteiger partial charge in [-0.15, -0.1) is 0 Å². The molecule has 84 valence electrons. The summed E-state index contributed by atoms with van der Waals surface area (Å²) in [7, 11) is 0. The molecule has 2 unspecified atom stereocenters. The van der Waals surface area contributed by atoms with E-state index in [2.05, 4.69) is 26.5 Å². The Bertz CT molecular complexity index is 161. The molecule has 1 amide bonds. The number of hydrogen-bond acceptors (Lipinski definition) is 2. The summed E-state index contributed by atoms with van der Waals surface area (Å²) in [5.74, 6) is 1.00. The predicted octanol–water partition coefficient (Wildman–Crippen LogP) is 2.62. The average Bonchev–Trinajstić information content (AvgIpc) is 2.13. The van der Waals surface area contributed by atoms with Gasteiger partial charge in [-0.05, 0) is 24.5 Å². The van der Waals surface area contributed by atoms with Crippen molar-refractivity contribution < 1.29 is 4.79 Å². The van der Waals surface area contributed by atoms with Gasteiger partial charge in [-0.3, -0.25) is 4.79 Å². The maximum atomic E-state index is 11.2. The predicted molar refractivity (Wildman–Crippen MR) is 64.5 cm³/mol. The summed E-state index contributed by atoms with van der Waals surface area (Å²) >= 11 is 4.15. The second-order valence-electron chi connectivity index (χ2n) is 3.99. The van der Waals surface area contributed by atoms with Crippen molar-refractivity contribution in [3.63, 3.8) is 0 Å². The highest BCUT2D eigenvalue weighted by atomic mass is 32.1. The molecule has 0 saturated carbocycles. The summed E-state index contributed by atoms with van der Waals surface area (Å²) in [5.41, 5.74) is 5.36. The van der Waals surface area contributed by atoms with Crippen LogP contribution in [0.25, 0.3) is 0 Å². The molecule has 0 saturated heterocycles. The van der Waals surface area contributed by atoms with E-state index in [0.29, 0.717) is 5.92 Å². The minimum absolute atomic E-state index is 0.0179. The van der Waals surface area contributed by atoms with Crippen molar-refractivity contribution in [1.82, 2.24) is 0 Å². The third-order valence-corrected chi connectivity index (χ3v) is 3.01. The fraction of sp³-hybridized carbons (Fsp3) is 0.909. The lowest BCUT2D eigenvalue weighted by molar-refractivity contribution is -0.123. The van der Waals surface area contributed by atoms with E-state index in [-0.39, 0.29) is 11.8 Å². The van der Waals surface area contributed by atoms with Crippen molar-refractivity contribution in [2.75, 3.05) is 5.75 Å². The van der Waals surface area contributed by atoms with Crippen molar-refractivity contribution in [3.05, 3.63) is 0 Å². The Kier molecular flexibility index (Phi) is 8.05. The Morgan fingerprint density at radius 3 is 2.43 bits per heavy atom. The molecular weight excluding hydrogens is 194 g/mol. The number of amides is 1. The van der Waals surface area contributed by atoms with Crippen LogP contribution in [0.1, 0.15) is 46.0 Å². The SMILES string of the molecule is CCCCCC(C)C(CCS)C(N)=O. The maximum Gasteiger partial charge on any atom is 0.220 e. The largest absolute Gasteiger partial charge is 0.369 e. The van der Waals surface area contributed by atoms with Crippen LogP contribution in [0.5, 0.6) is 0 Å². The van der Waals surface area contributed by atoms with Crippen molar-refractivity contribution in [2.24, 2.45) is 17.6 Å². The second kappa shape index (κ2) is 8.16. The van der Waals surface area contributed by atoms with E-state index in [1.54, 1.807) is 0 Å². The number of thiol groups is 1. The first-order valence-corrected chi connectivity index (χ1v) is 6.16. The fourth-order valence-electron chi connectivity index (χ4n) is 1.76. The van der Waals surface area contributed by atoms with E-state index in [1.165, 1.54) is 19.3 Å². The van der Waals surface area contributed by atoms with E-state index >= 15 is 0 Å². The van der Waals surface area contributed by atoms with E-state index in [0.717, 1.165) is 18.6 Å². The number of nitrogens with two attached hydrogens (primary N) is 1. The highest BCUT2D eigenvalue weighted by Gasteiger charge is 2.21. The molecule has 0 heterocycles. The lowest BCUT2D eigenvalue weighted by atomic mass is 9.87. The van der Waals surface area contributed by atoms with Crippen LogP contribution >= 0.6 is 12.6 Å². The number of primary amides is 1. The first-order chi connectivity index (χ1) is 6.63. The molecular formula is C11H23NOS. The van der Waals surface area contributed by atoms with Gasteiger partial charge in [0.1, 0.15) is 0 Å². The molecule has 14 heavy (non-hydrogen) atoms. The van der Waals surface area contributed by atoms with Crippen LogP contribution in [0.2, 0.25) is 0 Å². The third kappa shape index (κ3) is 5.53. The quantitative estimate of drug-likeness (QED) is 0.476. The van der Waals surface area contributed by atoms with Crippen LogP contribution < -0.4 is 5.73 Å². The molecule has 0 aliphatic heterocycles. The van der Waals surface area contributed by atoms with Crippen LogP contribution in [-0.2, 0) is 4.79 Å². The molecule has 3 heteroatoms. The van der Waals surface area contributed by atoms with Gasteiger partial charge in [0.25, 0.3) is 0 Å². The molecule has 0 spiro atoms. The molecule has 0 rings (SSSR count). The first kappa shape index (κ1) is 13.8. The van der Waals surface area contributed by atoms with Crippen LogP contribution in [0.4, 0.5) is 0 Å². The van der Waals surface area contributed by atoms with Gasteiger partial charge in [-0.2, -0.15) is 12.6 Å². The summed E-state index contributed by atoms with van der Waals surface area (Å²) in [6.45, 7) is 4.30. The van der Waals surface area contributed by atoms with Gasteiger partial charge in [0, 0.05) is 5.92 Å². The van der Waals surface area contributed by atoms with Crippen LogP contribution in [0, 0.1) is 11.8 Å². The van der Waals surface area contributed by atoms with Gasteiger partial charge in [0.2, 0.25) is 5.91 Å². The van der Waals surface area contributed by atoms with Gasteiger partial charge in [-0.1, -0.05) is 33.1 Å². The van der Waals surface area contributed by atoms with Crippen LogP contribution in [0.15, 0.2) is 0 Å². The maximum absolute atomic E-state index is 11.2. The fourth-order valence-corrected chi connectivity index (χ4v) is 2.04. The van der Waals surface area contributed by atoms with Crippen molar-refractivity contribution >= 4 is 18.5 Å². The monoisotopic (exact) mass is 217 g/mol. The van der Waals surface area contributed by atoms with Gasteiger partial charge in [0.15, 0.2) is 0 Å². The minimum atomic E-state index is -0.164. The Labute approximate surface area is 93.0 Å². The molecule has 2 N–H and O–H groups in total. The first-order valence-electron chi connectivity index (χ1n) is 5.53. The number of rotatable bonds is 8. The smallest absolute Gasteiger partial charge is 0.220 e. The molecule has 0 aromatic heterocycles. The molecule has 2 atom stereocenters. The number of hydrogen-bond donors (Lipinski definition) is 2. The number of unbranched alkanes of at least 4 members (excludes halogenated alkanes) is 2. The average molecular weight is 217 g/mol. The normalized spacial score (nSPS) is 15.1. The van der Waals surface area contributed by atoms with Crippen molar-refractivity contribution in [1.29, 1.82) is 0 Å². The van der Waals surface area contributed by atoms with E-state index < -0.39 is 0 Å². The summed E-state index contributed by atoms with van der Waals surface area (Å²) < 4.78 is 0. The second-order valence-corrected chi connectivity index (χ2v) is 4.44. The van der Waals surface area contributed by atoms with Gasteiger partial charge < -0.3 is 5.73 Å². The van der Waals surface area contributed by atoms with Crippen LogP contribution in [0.3, 0.4) is 0 Å². The number of carbonyl (C=O) groups excluding carboxylic acids is 1. The summed E-state index contributed by atoms with van der Waals surface area (Å²) in [5, 5.41) is 0. The standard InChI is InChI=1S/C11H23NOS/c1-3-4-5-6-9(2)10(7-8-14)11(12)13/h9-10,14H,3-8H2,1-2H3,(H2,12,13). The zero-order valence-electron chi connectivity index (χ0n) is 9.33. The van der Waals surface area contributed by atoms with Gasteiger partial charge in [-0.25, -0.2) is 0 Å². The van der Waals surface area contributed by atoms with Crippen molar-refractivity contribution in [3.8, 4) is 0 Å². The molecule has 2 nitrogen and oxygen atoms in total. The lowest BCUT2D eigenvalue weighted by Crippen LogP contribution is -2.29. The Morgan fingerprint density at radius 2 is 2.00 bits per heavy atom. The van der Waals surface area contributed by atoms with E-state index in [9.17, 15) is 4.79 Å². The van der Waals surface area contributed by atoms with Gasteiger partial charge >= 0.3 is 0 Å². The zero-order chi connectivity index (χ0) is 11.0. The Balaban J connectivity index is 3.88. The highest BCUT2D eigenvalue weighted by Crippen LogP contribution is 2.21. The Hall–Kier alpha value is -0.180. The number of carbonyl (C=O) groups is 1. The lowest BCUT2D eigenvalue weighted by Gasteiger charge is -2.20. The minimum Gasteiger partial charge on any atom is -0.369 e. The molecule has 0 bridgehead atoms. The summed E-state index contributed by atoms with van der Waals surface area (Å²) in [6.07, 6.45) is 5.59.